The number of nitrogens with two attached hydrogens (primary N) is 1. The van der Waals surface area contributed by atoms with E-state index in [0.29, 0.717) is 18.7 Å². The van der Waals surface area contributed by atoms with Gasteiger partial charge in [-0.1, -0.05) is 23.2 Å². The lowest BCUT2D eigenvalue weighted by Crippen LogP contribution is -2.58. The van der Waals surface area contributed by atoms with Crippen LogP contribution in [0, 0.1) is 0 Å². The van der Waals surface area contributed by atoms with Gasteiger partial charge in [0.15, 0.2) is 0 Å². The zero-order chi connectivity index (χ0) is 16.0. The summed E-state index contributed by atoms with van der Waals surface area (Å²) in [5.41, 5.74) is 5.63. The van der Waals surface area contributed by atoms with Crippen LogP contribution in [0.15, 0.2) is 12.1 Å². The molecule has 1 heterocycles. The van der Waals surface area contributed by atoms with Gasteiger partial charge in [0.2, 0.25) is 0 Å². The highest BCUT2D eigenvalue weighted by molar-refractivity contribution is 6.39. The molecule has 1 fully saturated rings. The summed E-state index contributed by atoms with van der Waals surface area (Å²) >= 11 is 12.0. The van der Waals surface area contributed by atoms with E-state index >= 15 is 0 Å². The predicted octanol–water partition coefficient (Wildman–Crippen LogP) is 3.61. The van der Waals surface area contributed by atoms with Gasteiger partial charge in [-0.05, 0) is 39.8 Å². The maximum absolute atomic E-state index is 12.7. The van der Waals surface area contributed by atoms with Gasteiger partial charge in [0.25, 0.3) is 5.91 Å². The van der Waals surface area contributed by atoms with Crippen LogP contribution in [-0.4, -0.2) is 35.1 Å². The summed E-state index contributed by atoms with van der Waals surface area (Å²) in [5.74, 6) is -0.122. The number of anilines is 1. The average molecular weight is 331 g/mol. The highest BCUT2D eigenvalue weighted by Gasteiger charge is 2.40. The number of nitrogen functional groups attached to an aromatic ring is 1. The number of morpholine rings is 1. The summed E-state index contributed by atoms with van der Waals surface area (Å²) in [4.78, 5) is 14.5. The molecule has 21 heavy (non-hydrogen) atoms. The van der Waals surface area contributed by atoms with Crippen LogP contribution in [0.3, 0.4) is 0 Å². The first-order valence-electron chi connectivity index (χ1n) is 6.75. The zero-order valence-corrected chi connectivity index (χ0v) is 14.2. The molecule has 4 nitrogen and oxygen atoms in total. The van der Waals surface area contributed by atoms with Gasteiger partial charge in [-0.3, -0.25) is 4.79 Å². The Labute approximate surface area is 135 Å². The molecule has 0 unspecified atom stereocenters. The molecule has 0 radical (unpaired) electrons. The van der Waals surface area contributed by atoms with Crippen LogP contribution in [-0.2, 0) is 4.74 Å². The van der Waals surface area contributed by atoms with Crippen molar-refractivity contribution in [3.8, 4) is 0 Å². The van der Waals surface area contributed by atoms with E-state index in [1.807, 2.05) is 27.7 Å². The van der Waals surface area contributed by atoms with Crippen LogP contribution in [0.25, 0.3) is 0 Å². The predicted molar refractivity (Wildman–Crippen MR) is 86.0 cm³/mol. The maximum atomic E-state index is 12.7. The molecule has 1 aromatic rings. The number of amides is 1. The van der Waals surface area contributed by atoms with Gasteiger partial charge in [-0.25, -0.2) is 0 Å². The van der Waals surface area contributed by atoms with Crippen LogP contribution in [0.2, 0.25) is 10.0 Å². The minimum Gasteiger partial charge on any atom is -0.396 e. The number of ether oxygens (including phenoxy) is 1. The van der Waals surface area contributed by atoms with E-state index in [4.69, 9.17) is 33.7 Å². The zero-order valence-electron chi connectivity index (χ0n) is 12.7. The molecule has 1 aliphatic rings. The molecule has 0 atom stereocenters. The number of benzene rings is 1. The van der Waals surface area contributed by atoms with E-state index < -0.39 is 11.2 Å². The molecule has 1 saturated heterocycles. The first-order valence-corrected chi connectivity index (χ1v) is 7.50. The smallest absolute Gasteiger partial charge is 0.254 e. The average Bonchev–Trinajstić information content (AvgIpc) is 2.30. The Hall–Kier alpha value is -0.970. The molecule has 2 rings (SSSR count). The van der Waals surface area contributed by atoms with Crippen molar-refractivity contribution in [2.45, 2.75) is 38.9 Å². The second-order valence-electron chi connectivity index (χ2n) is 6.64. The quantitative estimate of drug-likeness (QED) is 0.800. The fraction of sp³-hybridized carbons (Fsp3) is 0.533. The van der Waals surface area contributed by atoms with Gasteiger partial charge in [0, 0.05) is 18.7 Å². The highest BCUT2D eigenvalue weighted by atomic mass is 35.5. The topological polar surface area (TPSA) is 55.6 Å². The third kappa shape index (κ3) is 3.62. The van der Waals surface area contributed by atoms with Crippen molar-refractivity contribution in [1.82, 2.24) is 4.90 Å². The third-order valence-electron chi connectivity index (χ3n) is 3.31. The van der Waals surface area contributed by atoms with Gasteiger partial charge < -0.3 is 15.4 Å². The molecule has 0 bridgehead atoms. The Kier molecular flexibility index (Phi) is 4.17. The van der Waals surface area contributed by atoms with Crippen LogP contribution in [0.1, 0.15) is 38.1 Å². The van der Waals surface area contributed by atoms with Crippen LogP contribution >= 0.6 is 23.2 Å². The molecule has 116 valence electrons. The van der Waals surface area contributed by atoms with Crippen molar-refractivity contribution < 1.29 is 9.53 Å². The largest absolute Gasteiger partial charge is 0.396 e. The Morgan fingerprint density at radius 2 is 1.57 bits per heavy atom. The number of hydrogen-bond donors (Lipinski definition) is 1. The standard InChI is InChI=1S/C15H20Cl2N2O2/c1-14(2)7-19(8-15(3,4)21-14)13(20)9-5-10(16)12(18)11(17)6-9/h5-6H,7-8,18H2,1-4H3. The van der Waals surface area contributed by atoms with Crippen molar-refractivity contribution in [3.63, 3.8) is 0 Å². The summed E-state index contributed by atoms with van der Waals surface area (Å²) in [6, 6.07) is 3.11. The minimum atomic E-state index is -0.404. The lowest BCUT2D eigenvalue weighted by atomic mass is 9.98. The van der Waals surface area contributed by atoms with Gasteiger partial charge in [0.05, 0.1) is 26.9 Å². The summed E-state index contributed by atoms with van der Waals surface area (Å²) in [6.07, 6.45) is 0. The van der Waals surface area contributed by atoms with Crippen LogP contribution in [0.4, 0.5) is 5.69 Å². The lowest BCUT2D eigenvalue weighted by Gasteiger charge is -2.47. The van der Waals surface area contributed by atoms with Crippen molar-refractivity contribution in [2.75, 3.05) is 18.8 Å². The molecule has 6 heteroatoms. The van der Waals surface area contributed by atoms with Crippen molar-refractivity contribution in [1.29, 1.82) is 0 Å². The van der Waals surface area contributed by atoms with Crippen molar-refractivity contribution in [2.24, 2.45) is 0 Å². The molecule has 0 saturated carbocycles. The van der Waals surface area contributed by atoms with E-state index in [-0.39, 0.29) is 21.6 Å². The highest BCUT2D eigenvalue weighted by Crippen LogP contribution is 2.32. The molecule has 0 aliphatic carbocycles. The molecule has 1 amide bonds. The first-order chi connectivity index (χ1) is 9.51. The number of hydrogen-bond acceptors (Lipinski definition) is 3. The Bertz CT molecular complexity index is 546. The maximum Gasteiger partial charge on any atom is 0.254 e. The van der Waals surface area contributed by atoms with Crippen molar-refractivity contribution >= 4 is 34.8 Å². The molecule has 0 aromatic heterocycles. The van der Waals surface area contributed by atoms with Gasteiger partial charge in [0.1, 0.15) is 0 Å². The second-order valence-corrected chi connectivity index (χ2v) is 7.45. The molecule has 2 N–H and O–H groups in total. The second kappa shape index (κ2) is 5.34. The first kappa shape index (κ1) is 16.4. The minimum absolute atomic E-state index is 0.122. The van der Waals surface area contributed by atoms with Gasteiger partial charge in [-0.15, -0.1) is 0 Å². The summed E-state index contributed by atoms with van der Waals surface area (Å²) < 4.78 is 5.98. The van der Waals surface area contributed by atoms with Crippen LogP contribution in [0.5, 0.6) is 0 Å². The van der Waals surface area contributed by atoms with E-state index in [2.05, 4.69) is 0 Å². The Morgan fingerprint density at radius 3 is 2.00 bits per heavy atom. The van der Waals surface area contributed by atoms with Crippen LogP contribution < -0.4 is 5.73 Å². The number of carbonyl (C=O) groups is 1. The normalized spacial score (nSPS) is 20.4. The van der Waals surface area contributed by atoms with Gasteiger partial charge >= 0.3 is 0 Å². The SMILES string of the molecule is CC1(C)CN(C(=O)c2cc(Cl)c(N)c(Cl)c2)CC(C)(C)O1. The van der Waals surface area contributed by atoms with Gasteiger partial charge in [-0.2, -0.15) is 0 Å². The monoisotopic (exact) mass is 330 g/mol. The molecular weight excluding hydrogens is 311 g/mol. The fourth-order valence-corrected chi connectivity index (χ4v) is 3.31. The summed E-state index contributed by atoms with van der Waals surface area (Å²) in [6.45, 7) is 8.90. The number of rotatable bonds is 1. The van der Waals surface area contributed by atoms with E-state index in [1.165, 1.54) is 0 Å². The fourth-order valence-electron chi connectivity index (χ4n) is 2.82. The molecule has 1 aromatic carbocycles. The van der Waals surface area contributed by atoms with E-state index in [0.717, 1.165) is 0 Å². The van der Waals surface area contributed by atoms with E-state index in [1.54, 1.807) is 17.0 Å². The number of carbonyl (C=O) groups excluding carboxylic acids is 1. The summed E-state index contributed by atoms with van der Waals surface area (Å²) in [5, 5.41) is 0.579. The molecule has 1 aliphatic heterocycles. The molecular formula is C15H20Cl2N2O2. The lowest BCUT2D eigenvalue weighted by molar-refractivity contribution is -0.171. The van der Waals surface area contributed by atoms with Crippen molar-refractivity contribution in [3.05, 3.63) is 27.7 Å². The number of halogens is 2. The Morgan fingerprint density at radius 1 is 1.14 bits per heavy atom. The summed E-state index contributed by atoms with van der Waals surface area (Å²) in [7, 11) is 0. The molecule has 0 spiro atoms. The Balaban J connectivity index is 2.31. The third-order valence-corrected chi connectivity index (χ3v) is 3.93. The number of nitrogens with zero attached hydrogens (tertiary/aromatic N) is 1. The van der Waals surface area contributed by atoms with E-state index in [9.17, 15) is 4.79 Å².